The van der Waals surface area contributed by atoms with E-state index in [4.69, 9.17) is 5.73 Å². The van der Waals surface area contributed by atoms with E-state index in [0.29, 0.717) is 6.54 Å². The normalized spacial score (nSPS) is 18.7. The van der Waals surface area contributed by atoms with E-state index in [1.807, 2.05) is 14.1 Å². The maximum absolute atomic E-state index is 12.3. The topological polar surface area (TPSA) is 49.6 Å². The number of carbonyl (C=O) groups is 1. The molecule has 0 saturated carbocycles. The molecule has 2 N–H and O–H groups in total. The van der Waals surface area contributed by atoms with Crippen molar-refractivity contribution < 1.29 is 4.79 Å². The largest absolute Gasteiger partial charge is 0.359 e. The van der Waals surface area contributed by atoms with Crippen molar-refractivity contribution in [3.8, 4) is 0 Å². The van der Waals surface area contributed by atoms with Crippen molar-refractivity contribution in [1.82, 2.24) is 4.90 Å². The summed E-state index contributed by atoms with van der Waals surface area (Å²) in [5.41, 5.74) is 9.27. The number of likely N-dealkylation sites (N-methyl/N-ethyl adjacent to an activating group) is 1. The second-order valence-electron chi connectivity index (χ2n) is 5.42. The molecule has 4 nitrogen and oxygen atoms in total. The molecule has 1 aromatic carbocycles. The van der Waals surface area contributed by atoms with Gasteiger partial charge in [0.15, 0.2) is 0 Å². The summed E-state index contributed by atoms with van der Waals surface area (Å²) in [4.78, 5) is 16.2. The van der Waals surface area contributed by atoms with Gasteiger partial charge in [0.25, 0.3) is 0 Å². The molecule has 1 aromatic rings. The summed E-state index contributed by atoms with van der Waals surface area (Å²) < 4.78 is 0. The van der Waals surface area contributed by atoms with Gasteiger partial charge in [-0.15, -0.1) is 0 Å². The number of benzene rings is 1. The van der Waals surface area contributed by atoms with Crippen molar-refractivity contribution in [2.24, 2.45) is 5.73 Å². The van der Waals surface area contributed by atoms with Gasteiger partial charge in [-0.1, -0.05) is 12.1 Å². The Kier molecular flexibility index (Phi) is 4.10. The molecule has 19 heavy (non-hydrogen) atoms. The van der Waals surface area contributed by atoms with Crippen LogP contribution >= 0.6 is 0 Å². The predicted molar refractivity (Wildman–Crippen MR) is 78.1 cm³/mol. The summed E-state index contributed by atoms with van der Waals surface area (Å²) in [5.74, 6) is 0.182. The number of anilines is 1. The number of rotatable bonds is 3. The van der Waals surface area contributed by atoms with E-state index in [9.17, 15) is 4.79 Å². The zero-order valence-corrected chi connectivity index (χ0v) is 12.0. The van der Waals surface area contributed by atoms with Crippen molar-refractivity contribution >= 4 is 11.6 Å². The quantitative estimate of drug-likeness (QED) is 0.897. The average molecular weight is 261 g/mol. The molecule has 0 aromatic heterocycles. The van der Waals surface area contributed by atoms with E-state index in [1.54, 1.807) is 4.90 Å². The lowest BCUT2D eigenvalue weighted by Crippen LogP contribution is -2.43. The Morgan fingerprint density at radius 3 is 2.84 bits per heavy atom. The Bertz CT molecular complexity index is 470. The molecule has 1 atom stereocenters. The highest BCUT2D eigenvalue weighted by Crippen LogP contribution is 2.30. The number of nitrogens with two attached hydrogens (primary N) is 1. The Hall–Kier alpha value is -1.55. The highest BCUT2D eigenvalue weighted by Gasteiger charge is 2.32. The van der Waals surface area contributed by atoms with E-state index in [1.165, 1.54) is 5.56 Å². The van der Waals surface area contributed by atoms with Gasteiger partial charge in [0.05, 0.1) is 0 Å². The predicted octanol–water partition coefficient (Wildman–Crippen LogP) is 1.51. The molecule has 0 spiro atoms. The van der Waals surface area contributed by atoms with E-state index in [2.05, 4.69) is 30.0 Å². The van der Waals surface area contributed by atoms with Gasteiger partial charge in [0.1, 0.15) is 6.04 Å². The molecule has 1 amide bonds. The van der Waals surface area contributed by atoms with Crippen molar-refractivity contribution in [2.75, 3.05) is 25.5 Å². The van der Waals surface area contributed by atoms with Gasteiger partial charge >= 0.3 is 0 Å². The van der Waals surface area contributed by atoms with Crippen molar-refractivity contribution in [1.29, 1.82) is 0 Å². The van der Waals surface area contributed by atoms with Crippen LogP contribution in [-0.4, -0.2) is 37.5 Å². The summed E-state index contributed by atoms with van der Waals surface area (Å²) >= 11 is 0. The number of aryl methyl sites for hydroxylation is 1. The molecule has 1 aliphatic heterocycles. The van der Waals surface area contributed by atoms with Crippen LogP contribution in [-0.2, 0) is 11.3 Å². The van der Waals surface area contributed by atoms with Crippen LogP contribution < -0.4 is 10.6 Å². The number of hydrogen-bond acceptors (Lipinski definition) is 3. The fraction of sp³-hybridized carbons (Fsp3) is 0.533. The smallest absolute Gasteiger partial charge is 0.244 e. The molecule has 1 unspecified atom stereocenters. The standard InChI is InChI=1S/C15H23N3O/c1-11-6-7-12(10-16)14(9-11)18-8-4-5-13(18)15(19)17(2)3/h6-7,9,13H,4-5,8,10,16H2,1-3H3. The lowest BCUT2D eigenvalue weighted by molar-refractivity contribution is -0.129. The zero-order chi connectivity index (χ0) is 14.0. The van der Waals surface area contributed by atoms with E-state index < -0.39 is 0 Å². The molecule has 2 rings (SSSR count). The SMILES string of the molecule is Cc1ccc(CN)c(N2CCCC2C(=O)N(C)C)c1. The number of hydrogen-bond donors (Lipinski definition) is 1. The van der Waals surface area contributed by atoms with E-state index in [-0.39, 0.29) is 11.9 Å². The Morgan fingerprint density at radius 1 is 1.47 bits per heavy atom. The van der Waals surface area contributed by atoms with Gasteiger partial charge in [-0.05, 0) is 37.0 Å². The minimum Gasteiger partial charge on any atom is -0.359 e. The molecule has 1 saturated heterocycles. The van der Waals surface area contributed by atoms with Gasteiger partial charge in [0, 0.05) is 32.9 Å². The minimum atomic E-state index is -0.0397. The van der Waals surface area contributed by atoms with Gasteiger partial charge in [0.2, 0.25) is 5.91 Å². The van der Waals surface area contributed by atoms with Crippen LogP contribution in [0.2, 0.25) is 0 Å². The first-order valence-electron chi connectivity index (χ1n) is 6.82. The maximum Gasteiger partial charge on any atom is 0.244 e. The Labute approximate surface area is 115 Å². The molecule has 1 heterocycles. The second-order valence-corrected chi connectivity index (χ2v) is 5.42. The number of amides is 1. The summed E-state index contributed by atoms with van der Waals surface area (Å²) in [7, 11) is 3.64. The fourth-order valence-electron chi connectivity index (χ4n) is 2.72. The monoisotopic (exact) mass is 261 g/mol. The molecule has 0 radical (unpaired) electrons. The summed E-state index contributed by atoms with van der Waals surface area (Å²) in [6.07, 6.45) is 1.98. The van der Waals surface area contributed by atoms with Crippen molar-refractivity contribution in [3.63, 3.8) is 0 Å². The molecule has 0 aliphatic carbocycles. The lowest BCUT2D eigenvalue weighted by atomic mass is 10.1. The highest BCUT2D eigenvalue weighted by atomic mass is 16.2. The summed E-state index contributed by atoms with van der Waals surface area (Å²) in [5, 5.41) is 0. The summed E-state index contributed by atoms with van der Waals surface area (Å²) in [6, 6.07) is 6.25. The minimum absolute atomic E-state index is 0.0397. The third-order valence-electron chi connectivity index (χ3n) is 3.75. The van der Waals surface area contributed by atoms with Gasteiger partial charge in [-0.25, -0.2) is 0 Å². The Balaban J connectivity index is 2.34. The van der Waals surface area contributed by atoms with Crippen LogP contribution in [0.1, 0.15) is 24.0 Å². The average Bonchev–Trinajstić information content (AvgIpc) is 2.86. The third kappa shape index (κ3) is 2.73. The maximum atomic E-state index is 12.3. The number of nitrogens with zero attached hydrogens (tertiary/aromatic N) is 2. The highest BCUT2D eigenvalue weighted by molar-refractivity contribution is 5.86. The van der Waals surface area contributed by atoms with Crippen LogP contribution in [0, 0.1) is 6.92 Å². The first-order chi connectivity index (χ1) is 9.04. The van der Waals surface area contributed by atoms with E-state index >= 15 is 0 Å². The first-order valence-corrected chi connectivity index (χ1v) is 6.82. The fourth-order valence-corrected chi connectivity index (χ4v) is 2.72. The molecule has 4 heteroatoms. The van der Waals surface area contributed by atoms with Crippen LogP contribution in [0.5, 0.6) is 0 Å². The van der Waals surface area contributed by atoms with Crippen LogP contribution in [0.15, 0.2) is 18.2 Å². The second kappa shape index (κ2) is 5.61. The van der Waals surface area contributed by atoms with E-state index in [0.717, 1.165) is 30.6 Å². The number of carbonyl (C=O) groups excluding carboxylic acids is 1. The van der Waals surface area contributed by atoms with Crippen molar-refractivity contribution in [3.05, 3.63) is 29.3 Å². The lowest BCUT2D eigenvalue weighted by Gasteiger charge is -2.30. The molecular weight excluding hydrogens is 238 g/mol. The van der Waals surface area contributed by atoms with Gasteiger partial charge in [-0.3, -0.25) is 4.79 Å². The van der Waals surface area contributed by atoms with Crippen LogP contribution in [0.4, 0.5) is 5.69 Å². The van der Waals surface area contributed by atoms with Gasteiger partial charge < -0.3 is 15.5 Å². The molecule has 1 fully saturated rings. The molecule has 0 bridgehead atoms. The summed E-state index contributed by atoms with van der Waals surface area (Å²) in [6.45, 7) is 3.51. The first kappa shape index (κ1) is 13.9. The van der Waals surface area contributed by atoms with Crippen LogP contribution in [0.25, 0.3) is 0 Å². The third-order valence-corrected chi connectivity index (χ3v) is 3.75. The molecular formula is C15H23N3O. The van der Waals surface area contributed by atoms with Crippen molar-refractivity contribution in [2.45, 2.75) is 32.4 Å². The van der Waals surface area contributed by atoms with Gasteiger partial charge in [-0.2, -0.15) is 0 Å². The Morgan fingerprint density at radius 2 is 2.21 bits per heavy atom. The molecule has 104 valence electrons. The molecule has 1 aliphatic rings. The zero-order valence-electron chi connectivity index (χ0n) is 12.0. The van der Waals surface area contributed by atoms with Crippen LogP contribution in [0.3, 0.4) is 0 Å².